The Morgan fingerprint density at radius 1 is 1.12 bits per heavy atom. The first kappa shape index (κ1) is 17.7. The quantitative estimate of drug-likeness (QED) is 0.815. The van der Waals surface area contributed by atoms with Gasteiger partial charge in [-0.15, -0.1) is 0 Å². The number of rotatable bonds is 6. The number of nitriles is 1. The molecule has 0 aromatic heterocycles. The summed E-state index contributed by atoms with van der Waals surface area (Å²) in [6.07, 6.45) is 1.08. The third-order valence-corrected chi connectivity index (χ3v) is 4.77. The molecule has 26 heavy (non-hydrogen) atoms. The molecule has 0 radical (unpaired) electrons. The SMILES string of the molecule is CCN(Cc1ccccc1)C(=O)C1(C(=O)Nc2ccccc2C#N)CC1. The highest BCUT2D eigenvalue weighted by Gasteiger charge is 2.57. The molecule has 1 aliphatic rings. The molecule has 0 heterocycles. The molecule has 2 aromatic rings. The second kappa shape index (κ2) is 7.40. The molecule has 1 saturated carbocycles. The molecule has 5 nitrogen and oxygen atoms in total. The minimum atomic E-state index is -1.01. The molecule has 5 heteroatoms. The Kier molecular flexibility index (Phi) is 5.04. The molecule has 1 N–H and O–H groups in total. The number of benzene rings is 2. The third-order valence-electron chi connectivity index (χ3n) is 4.77. The molecule has 2 amide bonds. The van der Waals surface area contributed by atoms with E-state index in [1.54, 1.807) is 29.2 Å². The molecular formula is C21H21N3O2. The zero-order valence-corrected chi connectivity index (χ0v) is 14.7. The van der Waals surface area contributed by atoms with Crippen molar-refractivity contribution >= 4 is 17.5 Å². The van der Waals surface area contributed by atoms with Crippen molar-refractivity contribution in [2.75, 3.05) is 11.9 Å². The topological polar surface area (TPSA) is 73.2 Å². The Balaban J connectivity index is 1.75. The Hall–Kier alpha value is -3.13. The van der Waals surface area contributed by atoms with E-state index in [-0.39, 0.29) is 11.8 Å². The van der Waals surface area contributed by atoms with Gasteiger partial charge in [-0.3, -0.25) is 9.59 Å². The first-order valence-electron chi connectivity index (χ1n) is 8.74. The van der Waals surface area contributed by atoms with Crippen LogP contribution < -0.4 is 5.32 Å². The van der Waals surface area contributed by atoms with Gasteiger partial charge in [0, 0.05) is 13.1 Å². The first-order chi connectivity index (χ1) is 12.6. The zero-order chi connectivity index (χ0) is 18.6. The number of nitrogens with zero attached hydrogens (tertiary/aromatic N) is 2. The molecule has 0 aliphatic heterocycles. The summed E-state index contributed by atoms with van der Waals surface area (Å²) >= 11 is 0. The number of nitrogens with one attached hydrogen (secondary N) is 1. The van der Waals surface area contributed by atoms with Crippen molar-refractivity contribution in [2.24, 2.45) is 5.41 Å². The summed E-state index contributed by atoms with van der Waals surface area (Å²) in [6, 6.07) is 18.6. The molecule has 0 saturated heterocycles. The van der Waals surface area contributed by atoms with Crippen LogP contribution in [0.1, 0.15) is 30.9 Å². The average molecular weight is 347 g/mol. The summed E-state index contributed by atoms with van der Waals surface area (Å²) in [5.41, 5.74) is 0.868. The van der Waals surface area contributed by atoms with Gasteiger partial charge in [0.2, 0.25) is 11.8 Å². The molecule has 3 rings (SSSR count). The van der Waals surface area contributed by atoms with E-state index in [0.717, 1.165) is 5.56 Å². The fraction of sp³-hybridized carbons (Fsp3) is 0.286. The second-order valence-electron chi connectivity index (χ2n) is 6.50. The lowest BCUT2D eigenvalue weighted by Crippen LogP contribution is -2.42. The monoisotopic (exact) mass is 347 g/mol. The van der Waals surface area contributed by atoms with Gasteiger partial charge in [-0.1, -0.05) is 42.5 Å². The van der Waals surface area contributed by atoms with Gasteiger partial charge in [0.05, 0.1) is 11.3 Å². The molecule has 0 atom stereocenters. The van der Waals surface area contributed by atoms with Gasteiger partial charge in [-0.05, 0) is 37.5 Å². The number of amides is 2. The lowest BCUT2D eigenvalue weighted by Gasteiger charge is -2.26. The zero-order valence-electron chi connectivity index (χ0n) is 14.7. The van der Waals surface area contributed by atoms with Crippen molar-refractivity contribution in [3.05, 3.63) is 65.7 Å². The van der Waals surface area contributed by atoms with Crippen LogP contribution in [0.5, 0.6) is 0 Å². The van der Waals surface area contributed by atoms with Crippen molar-refractivity contribution in [3.63, 3.8) is 0 Å². The fourth-order valence-corrected chi connectivity index (χ4v) is 3.03. The number of carbonyl (C=O) groups excluding carboxylic acids is 2. The van der Waals surface area contributed by atoms with Crippen LogP contribution in [0.25, 0.3) is 0 Å². The van der Waals surface area contributed by atoms with E-state index in [1.165, 1.54) is 0 Å². The van der Waals surface area contributed by atoms with Gasteiger partial charge in [-0.25, -0.2) is 0 Å². The average Bonchev–Trinajstić information content (AvgIpc) is 3.49. The highest BCUT2D eigenvalue weighted by Crippen LogP contribution is 2.48. The number of anilines is 1. The molecule has 0 bridgehead atoms. The molecule has 1 aliphatic carbocycles. The lowest BCUT2D eigenvalue weighted by atomic mass is 10.0. The number of hydrogen-bond acceptors (Lipinski definition) is 3. The maximum atomic E-state index is 13.0. The smallest absolute Gasteiger partial charge is 0.240 e. The van der Waals surface area contributed by atoms with Crippen molar-refractivity contribution in [1.29, 1.82) is 5.26 Å². The fourth-order valence-electron chi connectivity index (χ4n) is 3.03. The molecule has 0 unspecified atom stereocenters. The summed E-state index contributed by atoms with van der Waals surface area (Å²) in [4.78, 5) is 27.6. The van der Waals surface area contributed by atoms with Gasteiger partial charge < -0.3 is 10.2 Å². The normalized spacial score (nSPS) is 14.2. The molecular weight excluding hydrogens is 326 g/mol. The van der Waals surface area contributed by atoms with Gasteiger partial charge in [0.1, 0.15) is 11.5 Å². The van der Waals surface area contributed by atoms with Crippen LogP contribution >= 0.6 is 0 Å². The van der Waals surface area contributed by atoms with Gasteiger partial charge in [-0.2, -0.15) is 5.26 Å². The van der Waals surface area contributed by atoms with Crippen LogP contribution in [0.2, 0.25) is 0 Å². The van der Waals surface area contributed by atoms with Gasteiger partial charge >= 0.3 is 0 Å². The van der Waals surface area contributed by atoms with Gasteiger partial charge in [0.25, 0.3) is 0 Å². The highest BCUT2D eigenvalue weighted by molar-refractivity contribution is 6.13. The summed E-state index contributed by atoms with van der Waals surface area (Å²) in [7, 11) is 0. The van der Waals surface area contributed by atoms with Gasteiger partial charge in [0.15, 0.2) is 0 Å². The van der Waals surface area contributed by atoms with Crippen molar-refractivity contribution in [2.45, 2.75) is 26.3 Å². The maximum Gasteiger partial charge on any atom is 0.240 e. The molecule has 2 aromatic carbocycles. The van der Waals surface area contributed by atoms with E-state index in [4.69, 9.17) is 0 Å². The summed E-state index contributed by atoms with van der Waals surface area (Å²) in [5, 5.41) is 12.0. The van der Waals surface area contributed by atoms with E-state index in [1.807, 2.05) is 37.3 Å². The molecule has 132 valence electrons. The van der Waals surface area contributed by atoms with E-state index in [0.29, 0.717) is 37.2 Å². The largest absolute Gasteiger partial charge is 0.338 e. The minimum absolute atomic E-state index is 0.143. The van der Waals surface area contributed by atoms with Crippen LogP contribution in [0.4, 0.5) is 5.69 Å². The van der Waals surface area contributed by atoms with Crippen LogP contribution in [-0.4, -0.2) is 23.3 Å². The van der Waals surface area contributed by atoms with E-state index in [9.17, 15) is 14.9 Å². The van der Waals surface area contributed by atoms with Crippen LogP contribution in [0.3, 0.4) is 0 Å². The summed E-state index contributed by atoms with van der Waals surface area (Å²) < 4.78 is 0. The Morgan fingerprint density at radius 3 is 2.38 bits per heavy atom. The predicted octanol–water partition coefficient (Wildman–Crippen LogP) is 3.33. The first-order valence-corrected chi connectivity index (χ1v) is 8.74. The van der Waals surface area contributed by atoms with E-state index < -0.39 is 5.41 Å². The second-order valence-corrected chi connectivity index (χ2v) is 6.50. The summed E-state index contributed by atoms with van der Waals surface area (Å²) in [5.74, 6) is -0.465. The van der Waals surface area contributed by atoms with Crippen LogP contribution in [0, 0.1) is 16.7 Å². The number of para-hydroxylation sites is 1. The standard InChI is InChI=1S/C21H21N3O2/c1-2-24(15-16-8-4-3-5-9-16)20(26)21(12-13-21)19(25)23-18-11-7-6-10-17(18)14-22/h3-11H,2,12-13,15H2,1H3,(H,23,25). The van der Waals surface area contributed by atoms with Crippen molar-refractivity contribution in [1.82, 2.24) is 4.90 Å². The van der Waals surface area contributed by atoms with Crippen LogP contribution in [0.15, 0.2) is 54.6 Å². The highest BCUT2D eigenvalue weighted by atomic mass is 16.2. The van der Waals surface area contributed by atoms with Crippen molar-refractivity contribution < 1.29 is 9.59 Å². The third kappa shape index (κ3) is 3.45. The van der Waals surface area contributed by atoms with Crippen LogP contribution in [-0.2, 0) is 16.1 Å². The number of hydrogen-bond donors (Lipinski definition) is 1. The Morgan fingerprint density at radius 2 is 1.77 bits per heavy atom. The minimum Gasteiger partial charge on any atom is -0.338 e. The Bertz CT molecular complexity index is 851. The molecule has 1 fully saturated rings. The number of carbonyl (C=O) groups is 2. The lowest BCUT2D eigenvalue weighted by molar-refractivity contribution is -0.142. The maximum absolute atomic E-state index is 13.0. The molecule has 0 spiro atoms. The van der Waals surface area contributed by atoms with E-state index >= 15 is 0 Å². The van der Waals surface area contributed by atoms with Crippen molar-refractivity contribution in [3.8, 4) is 6.07 Å². The summed E-state index contributed by atoms with van der Waals surface area (Å²) in [6.45, 7) is 2.94. The van der Waals surface area contributed by atoms with E-state index in [2.05, 4.69) is 11.4 Å². The Labute approximate surface area is 153 Å². The predicted molar refractivity (Wildman–Crippen MR) is 99.0 cm³/mol.